The molecule has 4 aromatic carbocycles. The number of hydrogen-bond acceptors (Lipinski definition) is 2. The van der Waals surface area contributed by atoms with Gasteiger partial charge in [0.15, 0.2) is 0 Å². The van der Waals surface area contributed by atoms with Crippen molar-refractivity contribution in [1.82, 2.24) is 0 Å². The highest BCUT2D eigenvalue weighted by molar-refractivity contribution is 6.07. The van der Waals surface area contributed by atoms with Gasteiger partial charge in [-0.1, -0.05) is 91.0 Å². The van der Waals surface area contributed by atoms with E-state index in [-0.39, 0.29) is 11.8 Å². The molecule has 0 bridgehead atoms. The predicted octanol–water partition coefficient (Wildman–Crippen LogP) is 4.92. The molecule has 0 saturated carbocycles. The van der Waals surface area contributed by atoms with Crippen molar-refractivity contribution < 1.29 is 9.59 Å². The van der Waals surface area contributed by atoms with E-state index in [0.29, 0.717) is 24.8 Å². The fourth-order valence-electron chi connectivity index (χ4n) is 4.20. The molecule has 32 heavy (non-hydrogen) atoms. The summed E-state index contributed by atoms with van der Waals surface area (Å²) in [5, 5.41) is 4.17. The predicted molar refractivity (Wildman–Crippen MR) is 130 cm³/mol. The first kappa shape index (κ1) is 21.3. The van der Waals surface area contributed by atoms with Gasteiger partial charge in [-0.25, -0.2) is 0 Å². The lowest BCUT2D eigenvalue weighted by molar-refractivity contribution is -0.120. The van der Waals surface area contributed by atoms with Gasteiger partial charge in [0.1, 0.15) is 0 Å². The lowest BCUT2D eigenvalue weighted by Gasteiger charge is -2.11. The van der Waals surface area contributed by atoms with Crippen LogP contribution in [0.1, 0.15) is 27.9 Å². The third-order valence-corrected chi connectivity index (χ3v) is 5.85. The van der Waals surface area contributed by atoms with Crippen LogP contribution < -0.4 is 11.5 Å². The van der Waals surface area contributed by atoms with Crippen LogP contribution in [-0.2, 0) is 17.6 Å². The molecule has 1 atom stereocenters. The van der Waals surface area contributed by atoms with Gasteiger partial charge in [-0.15, -0.1) is 0 Å². The van der Waals surface area contributed by atoms with Crippen molar-refractivity contribution in [2.24, 2.45) is 17.4 Å². The Bertz CT molecular complexity index is 1320. The van der Waals surface area contributed by atoms with E-state index < -0.39 is 5.91 Å². The molecule has 4 rings (SSSR count). The van der Waals surface area contributed by atoms with E-state index in [1.807, 2.05) is 66.7 Å². The summed E-state index contributed by atoms with van der Waals surface area (Å²) in [5.74, 6) is -1.16. The molecule has 0 spiro atoms. The van der Waals surface area contributed by atoms with E-state index in [1.54, 1.807) is 0 Å². The van der Waals surface area contributed by atoms with Crippen molar-refractivity contribution in [1.29, 1.82) is 0 Å². The Morgan fingerprint density at radius 2 is 1.50 bits per heavy atom. The van der Waals surface area contributed by atoms with E-state index >= 15 is 0 Å². The van der Waals surface area contributed by atoms with Crippen LogP contribution in [0.15, 0.2) is 91.0 Å². The van der Waals surface area contributed by atoms with Gasteiger partial charge in [0.2, 0.25) is 11.8 Å². The minimum Gasteiger partial charge on any atom is -0.369 e. The molecular weight excluding hydrogens is 396 g/mol. The third kappa shape index (κ3) is 4.70. The van der Waals surface area contributed by atoms with Gasteiger partial charge in [-0.2, -0.15) is 0 Å². The maximum atomic E-state index is 12.1. The first-order chi connectivity index (χ1) is 15.5. The van der Waals surface area contributed by atoms with Crippen molar-refractivity contribution >= 4 is 33.4 Å². The van der Waals surface area contributed by atoms with Crippen molar-refractivity contribution in [3.63, 3.8) is 0 Å². The van der Waals surface area contributed by atoms with Gasteiger partial charge in [-0.3, -0.25) is 9.59 Å². The third-order valence-electron chi connectivity index (χ3n) is 5.85. The SMILES string of the molecule is NC(=O)c1c(CC/C=C/[C@H](Cc2ccc3ccccc3c2)C(N)=O)ccc2ccccc12. The molecule has 4 nitrogen and oxygen atoms in total. The Labute approximate surface area is 187 Å². The molecule has 0 radical (unpaired) electrons. The number of nitrogens with two attached hydrogens (primary N) is 2. The number of carbonyl (C=O) groups excluding carboxylic acids is 2. The van der Waals surface area contributed by atoms with Crippen molar-refractivity contribution in [3.8, 4) is 0 Å². The van der Waals surface area contributed by atoms with Crippen LogP contribution in [0.4, 0.5) is 0 Å². The van der Waals surface area contributed by atoms with Crippen LogP contribution in [0.5, 0.6) is 0 Å². The number of hydrogen-bond donors (Lipinski definition) is 2. The number of primary amides is 2. The molecule has 4 aromatic rings. The summed E-state index contributed by atoms with van der Waals surface area (Å²) in [5.41, 5.74) is 13.9. The lowest BCUT2D eigenvalue weighted by Crippen LogP contribution is -2.23. The van der Waals surface area contributed by atoms with Gasteiger partial charge in [-0.05, 0) is 51.9 Å². The van der Waals surface area contributed by atoms with Crippen LogP contribution >= 0.6 is 0 Å². The second-order valence-electron chi connectivity index (χ2n) is 8.05. The zero-order valence-corrected chi connectivity index (χ0v) is 17.8. The summed E-state index contributed by atoms with van der Waals surface area (Å²) in [6.07, 6.45) is 5.74. The molecule has 4 heteroatoms. The van der Waals surface area contributed by atoms with Crippen LogP contribution in [0.25, 0.3) is 21.5 Å². The number of fused-ring (bicyclic) bond motifs is 2. The van der Waals surface area contributed by atoms with Gasteiger partial charge in [0.05, 0.1) is 11.5 Å². The lowest BCUT2D eigenvalue weighted by atomic mass is 9.94. The van der Waals surface area contributed by atoms with Crippen molar-refractivity contribution in [2.75, 3.05) is 0 Å². The summed E-state index contributed by atoms with van der Waals surface area (Å²) >= 11 is 0. The Morgan fingerprint density at radius 1 is 0.812 bits per heavy atom. The molecule has 4 N–H and O–H groups in total. The maximum Gasteiger partial charge on any atom is 0.249 e. The highest BCUT2D eigenvalue weighted by Crippen LogP contribution is 2.24. The second-order valence-corrected chi connectivity index (χ2v) is 8.05. The van der Waals surface area contributed by atoms with Crippen molar-refractivity contribution in [3.05, 3.63) is 108 Å². The number of rotatable bonds is 8. The molecule has 160 valence electrons. The normalized spacial score (nSPS) is 12.4. The van der Waals surface area contributed by atoms with E-state index in [4.69, 9.17) is 11.5 Å². The largest absolute Gasteiger partial charge is 0.369 e. The summed E-state index contributed by atoms with van der Waals surface area (Å²) < 4.78 is 0. The smallest absolute Gasteiger partial charge is 0.249 e. The quantitative estimate of drug-likeness (QED) is 0.395. The van der Waals surface area contributed by atoms with Crippen LogP contribution in [0.3, 0.4) is 0 Å². The molecule has 2 amide bonds. The van der Waals surface area contributed by atoms with Gasteiger partial charge in [0.25, 0.3) is 0 Å². The summed E-state index contributed by atoms with van der Waals surface area (Å²) in [6, 6.07) is 26.1. The summed E-state index contributed by atoms with van der Waals surface area (Å²) in [6.45, 7) is 0. The van der Waals surface area contributed by atoms with Crippen LogP contribution in [0.2, 0.25) is 0 Å². The number of carbonyl (C=O) groups is 2. The van der Waals surface area contributed by atoms with E-state index in [1.165, 1.54) is 5.39 Å². The topological polar surface area (TPSA) is 86.2 Å². The molecule has 0 aliphatic rings. The molecule has 0 fully saturated rings. The molecule has 0 aliphatic carbocycles. The zero-order chi connectivity index (χ0) is 22.5. The summed E-state index contributed by atoms with van der Waals surface area (Å²) in [7, 11) is 0. The first-order valence-electron chi connectivity index (χ1n) is 10.8. The monoisotopic (exact) mass is 422 g/mol. The van der Waals surface area contributed by atoms with Gasteiger partial charge < -0.3 is 11.5 Å². The van der Waals surface area contributed by atoms with Crippen molar-refractivity contribution in [2.45, 2.75) is 19.3 Å². The van der Waals surface area contributed by atoms with E-state index in [2.05, 4.69) is 24.3 Å². The highest BCUT2D eigenvalue weighted by atomic mass is 16.1. The maximum absolute atomic E-state index is 12.1. The average Bonchev–Trinajstić information content (AvgIpc) is 2.80. The standard InChI is InChI=1S/C28H26N2O2/c29-27(31)24(18-19-13-14-20-7-1-3-10-23(20)17-19)11-4-2-9-22-16-15-21-8-5-6-12-25(21)26(22)28(30)32/h1,3-8,10-17,24H,2,9,18H2,(H2,29,31)(H2,30,32)/b11-4+/t24-/m1/s1. The van der Waals surface area contributed by atoms with Gasteiger partial charge in [0, 0.05) is 0 Å². The van der Waals surface area contributed by atoms with E-state index in [9.17, 15) is 9.59 Å². The molecule has 0 aliphatic heterocycles. The fraction of sp³-hybridized carbons (Fsp3) is 0.143. The first-order valence-corrected chi connectivity index (χ1v) is 10.8. The average molecular weight is 423 g/mol. The number of amides is 2. The minimum atomic E-state index is -0.424. The summed E-state index contributed by atoms with van der Waals surface area (Å²) in [4.78, 5) is 24.1. The molecule has 0 aromatic heterocycles. The number of aryl methyl sites for hydroxylation is 1. The molecular formula is C28H26N2O2. The highest BCUT2D eigenvalue weighted by Gasteiger charge is 2.14. The second kappa shape index (κ2) is 9.48. The van der Waals surface area contributed by atoms with E-state index in [0.717, 1.165) is 27.3 Å². The fourth-order valence-corrected chi connectivity index (χ4v) is 4.20. The molecule has 0 heterocycles. The Kier molecular flexibility index (Phi) is 6.31. The van der Waals surface area contributed by atoms with Gasteiger partial charge >= 0.3 is 0 Å². The molecule has 0 saturated heterocycles. The number of benzene rings is 4. The Morgan fingerprint density at radius 3 is 2.25 bits per heavy atom. The minimum absolute atomic E-state index is 0.349. The zero-order valence-electron chi connectivity index (χ0n) is 17.8. The molecule has 0 unspecified atom stereocenters. The van der Waals surface area contributed by atoms with Crippen LogP contribution in [-0.4, -0.2) is 11.8 Å². The number of allylic oxidation sites excluding steroid dienone is 1. The van der Waals surface area contributed by atoms with Crippen LogP contribution in [0, 0.1) is 5.92 Å². The Hall–Kier alpha value is -3.92. The Balaban J connectivity index is 1.47.